The Morgan fingerprint density at radius 1 is 1.23 bits per heavy atom. The maximum Gasteiger partial charge on any atom is 0.573 e. The van der Waals surface area contributed by atoms with Gasteiger partial charge in [0.15, 0.2) is 11.5 Å². The molecule has 0 bridgehead atoms. The van der Waals surface area contributed by atoms with E-state index < -0.39 is 56.9 Å². The molecule has 2 aromatic rings. The van der Waals surface area contributed by atoms with Crippen molar-refractivity contribution in [3.63, 3.8) is 0 Å². The van der Waals surface area contributed by atoms with Crippen molar-refractivity contribution in [2.75, 3.05) is 14.1 Å². The molecule has 1 aromatic heterocycles. The molecule has 0 aliphatic carbocycles. The third kappa shape index (κ3) is 5.59. The first-order chi connectivity index (χ1) is 14.2. The van der Waals surface area contributed by atoms with Crippen molar-refractivity contribution in [3.05, 3.63) is 33.4 Å². The minimum atomic E-state index is -5.38. The number of Topliss-reactive ketones (excluding diaryl/α,β-unsaturated/α-hetero) is 1. The van der Waals surface area contributed by atoms with Gasteiger partial charge >= 0.3 is 12.5 Å². The zero-order chi connectivity index (χ0) is 23.7. The molecule has 0 fully saturated rings. The molecule has 0 aliphatic heterocycles. The quantitative estimate of drug-likeness (QED) is 0.259. The number of rotatable bonds is 5. The normalized spacial score (nSPS) is 12.2. The fraction of sp³-hybridized carbons (Fsp3) is 0.250. The molecular weight excluding hydrogens is 479 g/mol. The Kier molecular flexibility index (Phi) is 6.77. The number of ketones is 1. The molecule has 0 unspecified atom stereocenters. The molecule has 31 heavy (non-hydrogen) atoms. The number of ether oxygens (including phenoxy) is 1. The maximum absolute atomic E-state index is 13.1. The Hall–Kier alpha value is -2.98. The number of hydrogen-bond donors (Lipinski definition) is 0. The molecule has 0 radical (unpaired) electrons. The van der Waals surface area contributed by atoms with Crippen molar-refractivity contribution < 1.29 is 35.9 Å². The Morgan fingerprint density at radius 2 is 1.77 bits per heavy atom. The summed E-state index contributed by atoms with van der Waals surface area (Å²) >= 11 is 11.9. The second-order valence-electron chi connectivity index (χ2n) is 5.89. The van der Waals surface area contributed by atoms with Crippen LogP contribution in [0.2, 0.25) is 10.0 Å². The van der Waals surface area contributed by atoms with Crippen LogP contribution in [0.5, 0.6) is 5.75 Å². The van der Waals surface area contributed by atoms with Gasteiger partial charge in [-0.3, -0.25) is 4.79 Å². The number of aromatic nitrogens is 2. The molecule has 7 nitrogen and oxygen atoms in total. The average molecular weight is 488 g/mol. The van der Waals surface area contributed by atoms with Gasteiger partial charge in [0, 0.05) is 26.2 Å². The van der Waals surface area contributed by atoms with Crippen molar-refractivity contribution in [1.82, 2.24) is 14.7 Å². The van der Waals surface area contributed by atoms with Crippen LogP contribution in [0, 0.1) is 11.3 Å². The highest BCUT2D eigenvalue weighted by Gasteiger charge is 2.44. The summed E-state index contributed by atoms with van der Waals surface area (Å²) in [6.07, 6.45) is -9.44. The minimum Gasteiger partial charge on any atom is -0.406 e. The summed E-state index contributed by atoms with van der Waals surface area (Å²) in [5, 5.41) is 11.7. The second kappa shape index (κ2) is 8.64. The van der Waals surface area contributed by atoms with Crippen molar-refractivity contribution in [2.45, 2.75) is 12.5 Å². The predicted molar refractivity (Wildman–Crippen MR) is 97.2 cm³/mol. The van der Waals surface area contributed by atoms with Gasteiger partial charge in [-0.25, -0.2) is 9.67 Å². The van der Waals surface area contributed by atoms with Crippen LogP contribution in [-0.2, 0) is 0 Å². The van der Waals surface area contributed by atoms with Gasteiger partial charge in [0.2, 0.25) is 0 Å². The molecule has 0 aliphatic rings. The van der Waals surface area contributed by atoms with E-state index in [4.69, 9.17) is 23.2 Å². The summed E-state index contributed by atoms with van der Waals surface area (Å²) in [5.74, 6) is -3.99. The Labute approximate surface area is 180 Å². The monoisotopic (exact) mass is 487 g/mol. The van der Waals surface area contributed by atoms with Gasteiger partial charge in [-0.1, -0.05) is 23.2 Å². The summed E-state index contributed by atoms with van der Waals surface area (Å²) in [6.45, 7) is 0. The van der Waals surface area contributed by atoms with E-state index in [2.05, 4.69) is 14.8 Å². The summed E-state index contributed by atoms with van der Waals surface area (Å²) in [6, 6.07) is 2.70. The third-order valence-electron chi connectivity index (χ3n) is 3.30. The molecule has 166 valence electrons. The second-order valence-corrected chi connectivity index (χ2v) is 6.70. The standard InChI is InChI=1S/C16H9Cl2F6N5O2/c1-28(2)6-26-14-11(13(30)15(19,20)21)10(5-25)27-29(14)12-8(17)3-7(4-9(12)18)31-16(22,23)24/h3-4,6H,1-2H3. The van der Waals surface area contributed by atoms with Gasteiger partial charge < -0.3 is 9.64 Å². The fourth-order valence-electron chi connectivity index (χ4n) is 2.22. The Bertz CT molecular complexity index is 1060. The SMILES string of the molecule is CN(C)C=Nc1c(C(=O)C(F)(F)F)c(C#N)nn1-c1c(Cl)cc(OC(F)(F)F)cc1Cl. The predicted octanol–water partition coefficient (Wildman–Crippen LogP) is 4.92. The largest absolute Gasteiger partial charge is 0.573 e. The lowest BCUT2D eigenvalue weighted by Gasteiger charge is -2.14. The topological polar surface area (TPSA) is 83.5 Å². The van der Waals surface area contributed by atoms with E-state index in [0.29, 0.717) is 16.8 Å². The van der Waals surface area contributed by atoms with Crippen molar-refractivity contribution in [3.8, 4) is 17.5 Å². The van der Waals surface area contributed by atoms with Crippen LogP contribution in [0.15, 0.2) is 17.1 Å². The zero-order valence-electron chi connectivity index (χ0n) is 15.3. The molecule has 0 saturated heterocycles. The Balaban J connectivity index is 2.82. The van der Waals surface area contributed by atoms with Gasteiger partial charge in [-0.15, -0.1) is 13.2 Å². The van der Waals surface area contributed by atoms with Gasteiger partial charge in [-0.05, 0) is 0 Å². The highest BCUT2D eigenvalue weighted by atomic mass is 35.5. The van der Waals surface area contributed by atoms with E-state index >= 15 is 0 Å². The highest BCUT2D eigenvalue weighted by molar-refractivity contribution is 6.38. The minimum absolute atomic E-state index is 0.429. The molecule has 1 heterocycles. The first-order valence-electron chi connectivity index (χ1n) is 7.76. The number of aliphatic imine (C=N–C) groups is 1. The van der Waals surface area contributed by atoms with Gasteiger partial charge in [0.05, 0.1) is 16.4 Å². The molecule has 1 aromatic carbocycles. The smallest absolute Gasteiger partial charge is 0.406 e. The first kappa shape index (κ1) is 24.3. The number of nitrogens with zero attached hydrogens (tertiary/aromatic N) is 5. The van der Waals surface area contributed by atoms with E-state index in [-0.39, 0.29) is 0 Å². The number of alkyl halides is 6. The van der Waals surface area contributed by atoms with Crippen LogP contribution in [0.3, 0.4) is 0 Å². The van der Waals surface area contributed by atoms with E-state index in [9.17, 15) is 36.4 Å². The van der Waals surface area contributed by atoms with Crippen molar-refractivity contribution >= 4 is 41.1 Å². The lowest BCUT2D eigenvalue weighted by Crippen LogP contribution is -2.23. The molecule has 0 atom stereocenters. The third-order valence-corrected chi connectivity index (χ3v) is 3.87. The molecule has 0 N–H and O–H groups in total. The number of nitriles is 1. The zero-order valence-corrected chi connectivity index (χ0v) is 16.8. The maximum atomic E-state index is 13.1. The molecule has 15 heteroatoms. The van der Waals surface area contributed by atoms with Crippen LogP contribution in [-0.4, -0.2) is 53.4 Å². The fourth-order valence-corrected chi connectivity index (χ4v) is 2.85. The molecular formula is C16H9Cl2F6N5O2. The number of carbonyl (C=O) groups excluding carboxylic acids is 1. The first-order valence-corrected chi connectivity index (χ1v) is 8.51. The number of carbonyl (C=O) groups is 1. The highest BCUT2D eigenvalue weighted by Crippen LogP contribution is 2.39. The van der Waals surface area contributed by atoms with Crippen LogP contribution in [0.4, 0.5) is 32.2 Å². The Morgan fingerprint density at radius 3 is 2.19 bits per heavy atom. The number of hydrogen-bond acceptors (Lipinski definition) is 5. The molecule has 0 saturated carbocycles. The summed E-state index contributed by atoms with van der Waals surface area (Å²) < 4.78 is 80.8. The van der Waals surface area contributed by atoms with Crippen LogP contribution < -0.4 is 4.74 Å². The lowest BCUT2D eigenvalue weighted by molar-refractivity contribution is -0.274. The lowest BCUT2D eigenvalue weighted by atomic mass is 10.1. The van der Waals surface area contributed by atoms with Gasteiger partial charge in [0.1, 0.15) is 23.1 Å². The van der Waals surface area contributed by atoms with Crippen LogP contribution >= 0.6 is 23.2 Å². The average Bonchev–Trinajstić information content (AvgIpc) is 2.94. The summed E-state index contributed by atoms with van der Waals surface area (Å²) in [7, 11) is 2.92. The molecule has 2 rings (SSSR count). The van der Waals surface area contributed by atoms with E-state index in [0.717, 1.165) is 6.34 Å². The van der Waals surface area contributed by atoms with Crippen LogP contribution in [0.1, 0.15) is 16.1 Å². The molecule has 0 spiro atoms. The summed E-state index contributed by atoms with van der Waals surface area (Å²) in [5.41, 5.74) is -2.56. The summed E-state index contributed by atoms with van der Waals surface area (Å²) in [4.78, 5) is 17.0. The number of benzene rings is 1. The number of halogens is 8. The molecule has 0 amide bonds. The van der Waals surface area contributed by atoms with Gasteiger partial charge in [-0.2, -0.15) is 23.5 Å². The van der Waals surface area contributed by atoms with Crippen LogP contribution in [0.25, 0.3) is 5.69 Å². The van der Waals surface area contributed by atoms with Crippen molar-refractivity contribution in [1.29, 1.82) is 5.26 Å². The van der Waals surface area contributed by atoms with E-state index in [1.807, 2.05) is 0 Å². The van der Waals surface area contributed by atoms with Crippen molar-refractivity contribution in [2.24, 2.45) is 4.99 Å². The van der Waals surface area contributed by atoms with Gasteiger partial charge in [0.25, 0.3) is 5.78 Å². The van der Waals surface area contributed by atoms with E-state index in [1.54, 1.807) is 0 Å². The van der Waals surface area contributed by atoms with E-state index in [1.165, 1.54) is 25.1 Å².